The lowest BCUT2D eigenvalue weighted by atomic mass is 9.97. The zero-order valence-electron chi connectivity index (χ0n) is 12.5. The second-order valence-corrected chi connectivity index (χ2v) is 6.21. The molecule has 0 saturated carbocycles. The number of hydrogen-bond donors (Lipinski definition) is 0. The molecule has 1 amide bonds. The molecule has 0 aromatic carbocycles. The molecule has 0 saturated heterocycles. The van der Waals surface area contributed by atoms with Gasteiger partial charge in [0, 0.05) is 43.5 Å². The van der Waals surface area contributed by atoms with E-state index in [9.17, 15) is 4.79 Å². The number of amides is 1. The molecular weight excluding hydrogens is 296 g/mol. The molecule has 1 aliphatic heterocycles. The zero-order chi connectivity index (χ0) is 15.4. The van der Waals surface area contributed by atoms with Crippen molar-refractivity contribution in [3.05, 3.63) is 57.6 Å². The highest BCUT2D eigenvalue weighted by Crippen LogP contribution is 2.22. The van der Waals surface area contributed by atoms with Gasteiger partial charge >= 0.3 is 0 Å². The van der Waals surface area contributed by atoms with Crippen LogP contribution in [0.4, 0.5) is 0 Å². The maximum Gasteiger partial charge on any atom is 0.246 e. The van der Waals surface area contributed by atoms with Crippen LogP contribution in [0.3, 0.4) is 0 Å². The van der Waals surface area contributed by atoms with Crippen LogP contribution in [0, 0.1) is 0 Å². The van der Waals surface area contributed by atoms with E-state index in [1.807, 2.05) is 40.9 Å². The van der Waals surface area contributed by atoms with E-state index in [2.05, 4.69) is 4.98 Å². The Bertz CT molecular complexity index is 680. The Morgan fingerprint density at radius 2 is 2.41 bits per heavy atom. The van der Waals surface area contributed by atoms with E-state index in [1.165, 1.54) is 5.56 Å². The Morgan fingerprint density at radius 3 is 3.18 bits per heavy atom. The molecule has 114 valence electrons. The predicted molar refractivity (Wildman–Crippen MR) is 87.4 cm³/mol. The highest BCUT2D eigenvalue weighted by atomic mass is 32.1. The summed E-state index contributed by atoms with van der Waals surface area (Å²) >= 11 is 1.63. The molecule has 0 bridgehead atoms. The SMILES string of the molecule is COCc1cncc2c1CCN(C(=O)/C=C/c1cccs1)C2. The fourth-order valence-corrected chi connectivity index (χ4v) is 3.30. The number of pyridine rings is 1. The van der Waals surface area contributed by atoms with E-state index in [0.29, 0.717) is 13.2 Å². The van der Waals surface area contributed by atoms with Crippen molar-refractivity contribution in [3.63, 3.8) is 0 Å². The third kappa shape index (κ3) is 3.26. The van der Waals surface area contributed by atoms with Gasteiger partial charge < -0.3 is 9.64 Å². The summed E-state index contributed by atoms with van der Waals surface area (Å²) in [5.41, 5.74) is 3.53. The Labute approximate surface area is 134 Å². The van der Waals surface area contributed by atoms with Crippen molar-refractivity contribution in [1.29, 1.82) is 0 Å². The van der Waals surface area contributed by atoms with E-state index >= 15 is 0 Å². The first kappa shape index (κ1) is 14.9. The van der Waals surface area contributed by atoms with Crippen molar-refractivity contribution >= 4 is 23.3 Å². The fourth-order valence-electron chi connectivity index (χ4n) is 2.68. The molecule has 5 heteroatoms. The number of aromatic nitrogens is 1. The van der Waals surface area contributed by atoms with Crippen molar-refractivity contribution in [2.24, 2.45) is 0 Å². The van der Waals surface area contributed by atoms with Gasteiger partial charge in [0.15, 0.2) is 0 Å². The number of carbonyl (C=O) groups excluding carboxylic acids is 1. The van der Waals surface area contributed by atoms with Crippen LogP contribution in [0.25, 0.3) is 6.08 Å². The minimum atomic E-state index is 0.0520. The molecule has 0 aliphatic carbocycles. The molecule has 3 heterocycles. The normalized spacial score (nSPS) is 14.3. The summed E-state index contributed by atoms with van der Waals surface area (Å²) in [5, 5.41) is 2.00. The molecule has 0 spiro atoms. The van der Waals surface area contributed by atoms with Crippen LogP contribution < -0.4 is 0 Å². The number of nitrogens with zero attached hydrogens (tertiary/aromatic N) is 2. The molecule has 22 heavy (non-hydrogen) atoms. The predicted octanol–water partition coefficient (Wildman–Crippen LogP) is 2.89. The largest absolute Gasteiger partial charge is 0.380 e. The summed E-state index contributed by atoms with van der Waals surface area (Å²) in [6, 6.07) is 3.98. The number of hydrogen-bond acceptors (Lipinski definition) is 4. The quantitative estimate of drug-likeness (QED) is 0.815. The van der Waals surface area contributed by atoms with Gasteiger partial charge in [-0.05, 0) is 40.6 Å². The van der Waals surface area contributed by atoms with Gasteiger partial charge in [-0.15, -0.1) is 11.3 Å². The van der Waals surface area contributed by atoms with Crippen LogP contribution in [-0.2, 0) is 29.1 Å². The third-order valence-electron chi connectivity index (χ3n) is 3.77. The topological polar surface area (TPSA) is 42.4 Å². The molecule has 3 rings (SSSR count). The maximum absolute atomic E-state index is 12.3. The summed E-state index contributed by atoms with van der Waals surface area (Å²) in [6.07, 6.45) is 8.11. The second kappa shape index (κ2) is 6.85. The summed E-state index contributed by atoms with van der Waals surface area (Å²) < 4.78 is 5.22. The van der Waals surface area contributed by atoms with Gasteiger partial charge in [-0.3, -0.25) is 9.78 Å². The Morgan fingerprint density at radius 1 is 1.50 bits per heavy atom. The van der Waals surface area contributed by atoms with E-state index in [-0.39, 0.29) is 5.91 Å². The molecule has 2 aromatic rings. The van der Waals surface area contributed by atoms with Gasteiger partial charge in [-0.1, -0.05) is 6.07 Å². The number of fused-ring (bicyclic) bond motifs is 1. The average Bonchev–Trinajstić information content (AvgIpc) is 3.06. The molecule has 1 aliphatic rings. The van der Waals surface area contributed by atoms with Crippen LogP contribution in [0.2, 0.25) is 0 Å². The van der Waals surface area contributed by atoms with Gasteiger partial charge in [0.1, 0.15) is 0 Å². The highest BCUT2D eigenvalue weighted by molar-refractivity contribution is 7.10. The van der Waals surface area contributed by atoms with Crippen molar-refractivity contribution in [2.45, 2.75) is 19.6 Å². The number of methoxy groups -OCH3 is 1. The van der Waals surface area contributed by atoms with Crippen LogP contribution in [-0.4, -0.2) is 29.4 Å². The number of carbonyl (C=O) groups is 1. The summed E-state index contributed by atoms with van der Waals surface area (Å²) in [6.45, 7) is 1.93. The van der Waals surface area contributed by atoms with Crippen LogP contribution in [0.15, 0.2) is 36.0 Å². The minimum Gasteiger partial charge on any atom is -0.380 e. The van der Waals surface area contributed by atoms with Crippen molar-refractivity contribution in [2.75, 3.05) is 13.7 Å². The number of ether oxygens (including phenoxy) is 1. The zero-order valence-corrected chi connectivity index (χ0v) is 13.3. The minimum absolute atomic E-state index is 0.0520. The van der Waals surface area contributed by atoms with Crippen LogP contribution in [0.5, 0.6) is 0 Å². The molecule has 0 atom stereocenters. The Hall–Kier alpha value is -1.98. The van der Waals surface area contributed by atoms with E-state index < -0.39 is 0 Å². The van der Waals surface area contributed by atoms with Gasteiger partial charge in [-0.2, -0.15) is 0 Å². The second-order valence-electron chi connectivity index (χ2n) is 5.23. The average molecular weight is 314 g/mol. The molecule has 2 aromatic heterocycles. The first-order valence-electron chi connectivity index (χ1n) is 7.22. The first-order valence-corrected chi connectivity index (χ1v) is 8.10. The fraction of sp³-hybridized carbons (Fsp3) is 0.294. The van der Waals surface area contributed by atoms with Gasteiger partial charge in [0.05, 0.1) is 6.61 Å². The lowest BCUT2D eigenvalue weighted by molar-refractivity contribution is -0.126. The van der Waals surface area contributed by atoms with Gasteiger partial charge in [0.25, 0.3) is 0 Å². The Balaban J connectivity index is 1.71. The summed E-state index contributed by atoms with van der Waals surface area (Å²) in [5.74, 6) is 0.0520. The summed E-state index contributed by atoms with van der Waals surface area (Å²) in [7, 11) is 1.69. The van der Waals surface area contributed by atoms with E-state index in [1.54, 1.807) is 24.5 Å². The molecular formula is C17H18N2O2S. The number of rotatable bonds is 4. The van der Waals surface area contributed by atoms with Crippen molar-refractivity contribution in [1.82, 2.24) is 9.88 Å². The first-order chi connectivity index (χ1) is 10.8. The smallest absolute Gasteiger partial charge is 0.246 e. The molecule has 0 radical (unpaired) electrons. The molecule has 0 fully saturated rings. The van der Waals surface area contributed by atoms with Crippen molar-refractivity contribution < 1.29 is 9.53 Å². The summed E-state index contributed by atoms with van der Waals surface area (Å²) in [4.78, 5) is 19.5. The lowest BCUT2D eigenvalue weighted by Gasteiger charge is -2.29. The molecule has 0 unspecified atom stereocenters. The maximum atomic E-state index is 12.3. The molecule has 0 N–H and O–H groups in total. The monoisotopic (exact) mass is 314 g/mol. The van der Waals surface area contributed by atoms with E-state index in [0.717, 1.165) is 29.0 Å². The highest BCUT2D eigenvalue weighted by Gasteiger charge is 2.21. The van der Waals surface area contributed by atoms with Crippen molar-refractivity contribution in [3.8, 4) is 0 Å². The Kier molecular flexibility index (Phi) is 4.65. The third-order valence-corrected chi connectivity index (χ3v) is 4.61. The van der Waals surface area contributed by atoms with Gasteiger partial charge in [0.2, 0.25) is 5.91 Å². The van der Waals surface area contributed by atoms with Crippen LogP contribution in [0.1, 0.15) is 21.6 Å². The number of thiophene rings is 1. The van der Waals surface area contributed by atoms with Crippen LogP contribution >= 0.6 is 11.3 Å². The lowest BCUT2D eigenvalue weighted by Crippen LogP contribution is -2.35. The van der Waals surface area contributed by atoms with Gasteiger partial charge in [-0.25, -0.2) is 0 Å². The van der Waals surface area contributed by atoms with E-state index in [4.69, 9.17) is 4.74 Å². The molecule has 4 nitrogen and oxygen atoms in total. The standard InChI is InChI=1S/C17H18N2O2S/c1-21-12-14-10-18-9-13-11-19(7-6-16(13)14)17(20)5-4-15-3-2-8-22-15/h2-5,8-10H,6-7,11-12H2,1H3/b5-4+.